The number of anilines is 1. The Balaban J connectivity index is 3.12. The monoisotopic (exact) mass is 218 g/mol. The number of nitriles is 1. The average molecular weight is 218 g/mol. The first kappa shape index (κ1) is 12.4. The van der Waals surface area contributed by atoms with Gasteiger partial charge in [-0.15, -0.1) is 0 Å². The molecule has 0 heterocycles. The van der Waals surface area contributed by atoms with Crippen LogP contribution in [0.4, 0.5) is 5.69 Å². The minimum atomic E-state index is 0.359. The molecule has 0 amide bonds. The van der Waals surface area contributed by atoms with E-state index in [2.05, 4.69) is 32.0 Å². The molecule has 0 aliphatic heterocycles. The molecule has 0 N–H and O–H groups in total. The first-order chi connectivity index (χ1) is 7.60. The Hall–Kier alpha value is -1.69. The predicted octanol–water partition coefficient (Wildman–Crippen LogP) is 2.78. The Labute approximate surface area is 97.3 Å². The Bertz CT molecular complexity index is 393. The van der Waals surface area contributed by atoms with Gasteiger partial charge in [0.05, 0.1) is 18.9 Å². The van der Waals surface area contributed by atoms with E-state index >= 15 is 0 Å². The highest BCUT2D eigenvalue weighted by molar-refractivity contribution is 5.60. The zero-order chi connectivity index (χ0) is 12.1. The molecule has 0 aliphatic rings. The molecule has 0 atom stereocenters. The molecule has 16 heavy (non-hydrogen) atoms. The fourth-order valence-electron chi connectivity index (χ4n) is 1.56. The van der Waals surface area contributed by atoms with Crippen molar-refractivity contribution in [2.75, 3.05) is 25.6 Å². The van der Waals surface area contributed by atoms with Crippen LogP contribution in [0.15, 0.2) is 18.2 Å². The number of benzene rings is 1. The lowest BCUT2D eigenvalue weighted by atomic mass is 10.0. The Morgan fingerprint density at radius 3 is 2.62 bits per heavy atom. The van der Waals surface area contributed by atoms with Crippen molar-refractivity contribution >= 4 is 5.69 Å². The second-order valence-electron chi connectivity index (χ2n) is 4.10. The van der Waals surface area contributed by atoms with E-state index < -0.39 is 0 Å². The summed E-state index contributed by atoms with van der Waals surface area (Å²) in [5.41, 5.74) is 2.22. The van der Waals surface area contributed by atoms with Crippen molar-refractivity contribution in [2.45, 2.75) is 19.8 Å². The fourth-order valence-corrected chi connectivity index (χ4v) is 1.56. The van der Waals surface area contributed by atoms with Crippen LogP contribution in [0, 0.1) is 11.3 Å². The first-order valence-electron chi connectivity index (χ1n) is 5.36. The highest BCUT2D eigenvalue weighted by atomic mass is 16.5. The molecule has 3 heteroatoms. The van der Waals surface area contributed by atoms with Crippen LogP contribution in [0.3, 0.4) is 0 Å². The van der Waals surface area contributed by atoms with Gasteiger partial charge in [0.2, 0.25) is 0 Å². The minimum Gasteiger partial charge on any atom is -0.495 e. The van der Waals surface area contributed by atoms with E-state index in [1.54, 1.807) is 7.11 Å². The molecular weight excluding hydrogens is 200 g/mol. The fraction of sp³-hybridized carbons (Fsp3) is 0.462. The summed E-state index contributed by atoms with van der Waals surface area (Å²) < 4.78 is 5.30. The molecule has 1 aromatic carbocycles. The lowest BCUT2D eigenvalue weighted by Gasteiger charge is -2.20. The van der Waals surface area contributed by atoms with Crippen LogP contribution in [0.5, 0.6) is 5.75 Å². The number of rotatable bonds is 4. The summed E-state index contributed by atoms with van der Waals surface area (Å²) in [4.78, 5) is 1.89. The molecule has 0 saturated carbocycles. The van der Waals surface area contributed by atoms with E-state index in [1.807, 2.05) is 18.0 Å². The van der Waals surface area contributed by atoms with E-state index in [0.29, 0.717) is 12.5 Å². The maximum atomic E-state index is 8.71. The maximum Gasteiger partial charge on any atom is 0.142 e. The molecule has 0 aliphatic carbocycles. The largest absolute Gasteiger partial charge is 0.495 e. The van der Waals surface area contributed by atoms with Crippen LogP contribution >= 0.6 is 0 Å². The standard InChI is InChI=1S/C13H18N2O/c1-10(2)11-5-6-13(16-4)12(9-11)15(3)8-7-14/h5-6,9-10H,8H2,1-4H3. The molecule has 1 rings (SSSR count). The molecule has 0 radical (unpaired) electrons. The van der Waals surface area contributed by atoms with E-state index in [9.17, 15) is 0 Å². The van der Waals surface area contributed by atoms with E-state index in [-0.39, 0.29) is 0 Å². The number of nitrogens with zero attached hydrogens (tertiary/aromatic N) is 2. The van der Waals surface area contributed by atoms with Crippen molar-refractivity contribution in [1.29, 1.82) is 5.26 Å². The number of ether oxygens (including phenoxy) is 1. The zero-order valence-electron chi connectivity index (χ0n) is 10.3. The summed E-state index contributed by atoms with van der Waals surface area (Å²) in [6, 6.07) is 8.24. The van der Waals surface area contributed by atoms with Crippen LogP contribution in [0.2, 0.25) is 0 Å². The quantitative estimate of drug-likeness (QED) is 0.729. The summed E-state index contributed by atoms with van der Waals surface area (Å²) >= 11 is 0. The van der Waals surface area contributed by atoms with Gasteiger partial charge >= 0.3 is 0 Å². The number of hydrogen-bond acceptors (Lipinski definition) is 3. The van der Waals surface area contributed by atoms with E-state index in [4.69, 9.17) is 10.00 Å². The molecule has 0 saturated heterocycles. The summed E-state index contributed by atoms with van der Waals surface area (Å²) in [7, 11) is 3.54. The smallest absolute Gasteiger partial charge is 0.142 e. The topological polar surface area (TPSA) is 36.3 Å². The van der Waals surface area contributed by atoms with Crippen molar-refractivity contribution in [3.8, 4) is 11.8 Å². The Morgan fingerprint density at radius 2 is 2.12 bits per heavy atom. The van der Waals surface area contributed by atoms with Crippen molar-refractivity contribution in [3.05, 3.63) is 23.8 Å². The molecule has 0 fully saturated rings. The van der Waals surface area contributed by atoms with Crippen molar-refractivity contribution in [1.82, 2.24) is 0 Å². The van der Waals surface area contributed by atoms with Gasteiger partial charge in [0.1, 0.15) is 12.3 Å². The lowest BCUT2D eigenvalue weighted by Crippen LogP contribution is -2.18. The molecule has 86 valence electrons. The third kappa shape index (κ3) is 2.66. The highest BCUT2D eigenvalue weighted by Crippen LogP contribution is 2.30. The molecule has 0 unspecified atom stereocenters. The van der Waals surface area contributed by atoms with Gasteiger partial charge in [-0.1, -0.05) is 19.9 Å². The molecule has 3 nitrogen and oxygen atoms in total. The predicted molar refractivity (Wildman–Crippen MR) is 66.0 cm³/mol. The summed E-state index contributed by atoms with van der Waals surface area (Å²) in [5.74, 6) is 1.28. The maximum absolute atomic E-state index is 8.71. The van der Waals surface area contributed by atoms with Crippen molar-refractivity contribution < 1.29 is 4.74 Å². The second-order valence-corrected chi connectivity index (χ2v) is 4.10. The lowest BCUT2D eigenvalue weighted by molar-refractivity contribution is 0.415. The normalized spacial score (nSPS) is 10.0. The Kier molecular flexibility index (Phi) is 4.19. The molecule has 1 aromatic rings. The van der Waals surface area contributed by atoms with Gasteiger partial charge < -0.3 is 9.64 Å². The average Bonchev–Trinajstić information content (AvgIpc) is 2.28. The SMILES string of the molecule is COc1ccc(C(C)C)cc1N(C)CC#N. The molecular formula is C13H18N2O. The van der Waals surface area contributed by atoms with Gasteiger partial charge in [-0.25, -0.2) is 0 Å². The molecule has 0 aromatic heterocycles. The van der Waals surface area contributed by atoms with Crippen molar-refractivity contribution in [3.63, 3.8) is 0 Å². The van der Waals surface area contributed by atoms with Gasteiger partial charge in [-0.3, -0.25) is 0 Å². The zero-order valence-corrected chi connectivity index (χ0v) is 10.3. The second kappa shape index (κ2) is 5.41. The van der Waals surface area contributed by atoms with E-state index in [0.717, 1.165) is 11.4 Å². The highest BCUT2D eigenvalue weighted by Gasteiger charge is 2.10. The third-order valence-corrected chi connectivity index (χ3v) is 2.59. The van der Waals surface area contributed by atoms with Crippen LogP contribution < -0.4 is 9.64 Å². The van der Waals surface area contributed by atoms with Crippen LogP contribution in [0.25, 0.3) is 0 Å². The first-order valence-corrected chi connectivity index (χ1v) is 5.36. The Morgan fingerprint density at radius 1 is 1.44 bits per heavy atom. The van der Waals surface area contributed by atoms with Gasteiger partial charge in [0.25, 0.3) is 0 Å². The van der Waals surface area contributed by atoms with Gasteiger partial charge in [-0.2, -0.15) is 5.26 Å². The molecule has 0 spiro atoms. The third-order valence-electron chi connectivity index (χ3n) is 2.59. The van der Waals surface area contributed by atoms with E-state index in [1.165, 1.54) is 5.56 Å². The number of methoxy groups -OCH3 is 1. The minimum absolute atomic E-state index is 0.359. The van der Waals surface area contributed by atoms with Gasteiger partial charge in [0, 0.05) is 7.05 Å². The van der Waals surface area contributed by atoms with Crippen LogP contribution in [-0.2, 0) is 0 Å². The van der Waals surface area contributed by atoms with Crippen LogP contribution in [0.1, 0.15) is 25.3 Å². The number of hydrogen-bond donors (Lipinski definition) is 0. The molecule has 0 bridgehead atoms. The summed E-state index contributed by atoms with van der Waals surface area (Å²) in [5, 5.41) is 8.71. The van der Waals surface area contributed by atoms with Gasteiger partial charge in [-0.05, 0) is 23.6 Å². The summed E-state index contributed by atoms with van der Waals surface area (Å²) in [6.07, 6.45) is 0. The summed E-state index contributed by atoms with van der Waals surface area (Å²) in [6.45, 7) is 4.66. The van der Waals surface area contributed by atoms with Gasteiger partial charge in [0.15, 0.2) is 0 Å². The van der Waals surface area contributed by atoms with Crippen LogP contribution in [-0.4, -0.2) is 20.7 Å². The van der Waals surface area contributed by atoms with Crippen molar-refractivity contribution in [2.24, 2.45) is 0 Å².